The molecule has 0 fully saturated rings. The van der Waals surface area contributed by atoms with Crippen LogP contribution in [-0.2, 0) is 5.41 Å². The van der Waals surface area contributed by atoms with E-state index in [0.29, 0.717) is 0 Å². The monoisotopic (exact) mass is 594 g/mol. The molecule has 0 N–H and O–H groups in total. The van der Waals surface area contributed by atoms with E-state index in [-0.39, 0.29) is 5.41 Å². The van der Waals surface area contributed by atoms with E-state index >= 15 is 0 Å². The molecule has 0 unspecified atom stereocenters. The van der Waals surface area contributed by atoms with Gasteiger partial charge >= 0.3 is 0 Å². The van der Waals surface area contributed by atoms with Crippen LogP contribution in [0.25, 0.3) is 40.5 Å². The second-order valence-corrected chi connectivity index (χ2v) is 13.3. The van der Waals surface area contributed by atoms with Gasteiger partial charge in [-0.05, 0) is 62.9 Å². The lowest BCUT2D eigenvalue weighted by Crippen LogP contribution is -2.25. The molecule has 0 spiro atoms. The van der Waals surface area contributed by atoms with E-state index in [1.807, 2.05) is 6.08 Å². The van der Waals surface area contributed by atoms with Crippen molar-refractivity contribution in [3.63, 3.8) is 0 Å². The fourth-order valence-electron chi connectivity index (χ4n) is 7.45. The van der Waals surface area contributed by atoms with Crippen molar-refractivity contribution in [2.24, 2.45) is 0 Å². The Labute approximate surface area is 274 Å². The molecular formula is C45H54. The zero-order valence-electron chi connectivity index (χ0n) is 28.0. The number of hydrogen-bond acceptors (Lipinski definition) is 0. The molecule has 4 aromatic carbocycles. The second kappa shape index (κ2) is 16.6. The normalized spacial score (nSPS) is 13.2. The largest absolute Gasteiger partial charge is 0.0985 e. The fraction of sp³-hybridized carbons (Fsp3) is 0.378. The third-order valence-corrected chi connectivity index (χ3v) is 10.0. The molecule has 0 heterocycles. The van der Waals surface area contributed by atoms with Gasteiger partial charge in [0.1, 0.15) is 0 Å². The third kappa shape index (κ3) is 8.15. The Hall–Kier alpha value is -3.64. The molecule has 0 radical (unpaired) electrons. The molecule has 1 aliphatic carbocycles. The number of benzene rings is 4. The minimum atomic E-state index is 0.0837. The Morgan fingerprint density at radius 3 is 1.53 bits per heavy atom. The van der Waals surface area contributed by atoms with Gasteiger partial charge in [0.05, 0.1) is 0 Å². The van der Waals surface area contributed by atoms with Crippen LogP contribution in [0, 0.1) is 0 Å². The molecule has 0 heteroatoms. The third-order valence-electron chi connectivity index (χ3n) is 10.0. The zero-order valence-corrected chi connectivity index (χ0v) is 28.0. The van der Waals surface area contributed by atoms with Crippen molar-refractivity contribution in [2.45, 2.75) is 109 Å². The first-order valence-corrected chi connectivity index (χ1v) is 17.9. The van der Waals surface area contributed by atoms with Crippen molar-refractivity contribution in [3.8, 4) is 22.3 Å². The Bertz CT molecular complexity index is 1500. The van der Waals surface area contributed by atoms with Gasteiger partial charge in [-0.2, -0.15) is 0 Å². The van der Waals surface area contributed by atoms with E-state index in [0.717, 1.165) is 0 Å². The van der Waals surface area contributed by atoms with Crippen molar-refractivity contribution < 1.29 is 0 Å². The topological polar surface area (TPSA) is 0 Å². The number of unbranched alkanes of at least 4 members (excludes halogenated alkanes) is 10. The summed E-state index contributed by atoms with van der Waals surface area (Å²) in [6.45, 7) is 8.76. The fourth-order valence-corrected chi connectivity index (χ4v) is 7.45. The molecule has 0 saturated carbocycles. The molecule has 45 heavy (non-hydrogen) atoms. The number of rotatable bonds is 18. The lowest BCUT2D eigenvalue weighted by atomic mass is 9.70. The molecule has 0 amide bonds. The van der Waals surface area contributed by atoms with Gasteiger partial charge in [0, 0.05) is 5.41 Å². The summed E-state index contributed by atoms with van der Waals surface area (Å²) in [5.74, 6) is 0. The van der Waals surface area contributed by atoms with Gasteiger partial charge in [0.15, 0.2) is 0 Å². The molecule has 0 aromatic heterocycles. The number of hydrogen-bond donors (Lipinski definition) is 0. The summed E-state index contributed by atoms with van der Waals surface area (Å²) in [7, 11) is 0. The van der Waals surface area contributed by atoms with Crippen LogP contribution >= 0.6 is 0 Å². The van der Waals surface area contributed by atoms with Crippen molar-refractivity contribution in [3.05, 3.63) is 125 Å². The quantitative estimate of drug-likeness (QED) is 0.0794. The summed E-state index contributed by atoms with van der Waals surface area (Å²) in [6, 6.07) is 33.9. The summed E-state index contributed by atoms with van der Waals surface area (Å²) in [5.41, 5.74) is 12.4. The van der Waals surface area contributed by atoms with Crippen molar-refractivity contribution in [1.82, 2.24) is 0 Å². The molecule has 0 atom stereocenters. The molecular weight excluding hydrogens is 540 g/mol. The van der Waals surface area contributed by atoms with Crippen molar-refractivity contribution in [1.29, 1.82) is 0 Å². The SMILES string of the molecule is C=Cc1ccc2c(c1)C(CCCCCCCC)(CCCCCCCC)c1cc(/C=C/c3ccc(-c4ccccc4)cc3)ccc1-2. The van der Waals surface area contributed by atoms with Gasteiger partial charge in [-0.25, -0.2) is 0 Å². The van der Waals surface area contributed by atoms with E-state index in [9.17, 15) is 0 Å². The first-order chi connectivity index (χ1) is 22.2. The highest BCUT2D eigenvalue weighted by Crippen LogP contribution is 2.55. The van der Waals surface area contributed by atoms with E-state index in [1.54, 1.807) is 11.1 Å². The maximum Gasteiger partial charge on any atom is 0.0215 e. The molecule has 0 saturated heterocycles. The Morgan fingerprint density at radius 1 is 0.489 bits per heavy atom. The van der Waals surface area contributed by atoms with Crippen molar-refractivity contribution >= 4 is 18.2 Å². The van der Waals surface area contributed by atoms with E-state index in [2.05, 4.69) is 124 Å². The summed E-state index contributed by atoms with van der Waals surface area (Å²) in [4.78, 5) is 0. The van der Waals surface area contributed by atoms with Gasteiger partial charge in [0.2, 0.25) is 0 Å². The molecule has 0 aliphatic heterocycles. The summed E-state index contributed by atoms with van der Waals surface area (Å²) >= 11 is 0. The van der Waals surface area contributed by atoms with Crippen LogP contribution in [0.4, 0.5) is 0 Å². The average molecular weight is 595 g/mol. The predicted molar refractivity (Wildman–Crippen MR) is 200 cm³/mol. The molecule has 0 bridgehead atoms. The van der Waals surface area contributed by atoms with Crippen LogP contribution in [0.2, 0.25) is 0 Å². The predicted octanol–water partition coefficient (Wildman–Crippen LogP) is 13.9. The van der Waals surface area contributed by atoms with Crippen LogP contribution in [0.1, 0.15) is 132 Å². The standard InChI is InChI=1S/C45H54/c1-4-7-9-11-13-18-32-45(33-19-14-12-10-8-5-2)43-34-36(6-3)26-30-41(43)42-31-27-38(35-44(42)45)23-22-37-24-28-40(29-25-37)39-20-16-15-17-21-39/h6,15-17,20-31,34-35H,3-5,7-14,18-19,32-33H2,1-2H3/b23-22+. The molecule has 1 aliphatic rings. The Kier molecular flexibility index (Phi) is 12.1. The zero-order chi connectivity index (χ0) is 31.3. The average Bonchev–Trinajstić information content (AvgIpc) is 3.35. The summed E-state index contributed by atoms with van der Waals surface area (Å²) in [5, 5.41) is 0. The minimum absolute atomic E-state index is 0.0837. The lowest BCUT2D eigenvalue weighted by Gasteiger charge is -2.33. The van der Waals surface area contributed by atoms with Gasteiger partial charge < -0.3 is 0 Å². The molecule has 5 rings (SSSR count). The second-order valence-electron chi connectivity index (χ2n) is 13.3. The summed E-state index contributed by atoms with van der Waals surface area (Å²) < 4.78 is 0. The lowest BCUT2D eigenvalue weighted by molar-refractivity contribution is 0.398. The van der Waals surface area contributed by atoms with Crippen LogP contribution in [0.3, 0.4) is 0 Å². The highest BCUT2D eigenvalue weighted by atomic mass is 14.4. The molecule has 234 valence electrons. The maximum absolute atomic E-state index is 4.14. The van der Waals surface area contributed by atoms with Crippen LogP contribution < -0.4 is 0 Å². The van der Waals surface area contributed by atoms with Crippen LogP contribution in [-0.4, -0.2) is 0 Å². The maximum atomic E-state index is 4.14. The Morgan fingerprint density at radius 2 is 0.956 bits per heavy atom. The first-order valence-electron chi connectivity index (χ1n) is 17.9. The van der Waals surface area contributed by atoms with Gasteiger partial charge in [-0.15, -0.1) is 0 Å². The molecule has 4 aromatic rings. The highest BCUT2D eigenvalue weighted by molar-refractivity contribution is 5.84. The number of fused-ring (bicyclic) bond motifs is 3. The van der Waals surface area contributed by atoms with E-state index in [1.165, 1.54) is 129 Å². The van der Waals surface area contributed by atoms with Crippen LogP contribution in [0.15, 0.2) is 97.6 Å². The van der Waals surface area contributed by atoms with E-state index in [4.69, 9.17) is 0 Å². The highest BCUT2D eigenvalue weighted by Gasteiger charge is 2.42. The van der Waals surface area contributed by atoms with Gasteiger partial charge in [-0.3, -0.25) is 0 Å². The van der Waals surface area contributed by atoms with E-state index < -0.39 is 0 Å². The van der Waals surface area contributed by atoms with Gasteiger partial charge in [0.25, 0.3) is 0 Å². The van der Waals surface area contributed by atoms with Crippen molar-refractivity contribution in [2.75, 3.05) is 0 Å². The smallest absolute Gasteiger partial charge is 0.0215 e. The minimum Gasteiger partial charge on any atom is -0.0985 e. The molecule has 0 nitrogen and oxygen atoms in total. The van der Waals surface area contributed by atoms with Gasteiger partial charge in [-0.1, -0.05) is 207 Å². The first kappa shape index (κ1) is 32.7. The van der Waals surface area contributed by atoms with Crippen LogP contribution in [0.5, 0.6) is 0 Å². The summed E-state index contributed by atoms with van der Waals surface area (Å²) in [6.07, 6.45) is 25.2. The Balaban J connectivity index is 1.44.